The first-order valence-electron chi connectivity index (χ1n) is 8.56. The molecule has 1 aromatic carbocycles. The van der Waals surface area contributed by atoms with Crippen LogP contribution in [0.3, 0.4) is 0 Å². The van der Waals surface area contributed by atoms with Crippen LogP contribution in [0.25, 0.3) is 0 Å². The van der Waals surface area contributed by atoms with Crippen molar-refractivity contribution < 1.29 is 8.42 Å². The lowest BCUT2D eigenvalue weighted by molar-refractivity contribution is 0.187. The Balaban J connectivity index is 1.54. The van der Waals surface area contributed by atoms with Gasteiger partial charge in [-0.1, -0.05) is 24.3 Å². The molecule has 1 atom stereocenters. The van der Waals surface area contributed by atoms with Crippen molar-refractivity contribution >= 4 is 22.1 Å². The first kappa shape index (κ1) is 16.9. The molecule has 0 bridgehead atoms. The minimum Gasteiger partial charge on any atom is -0.307 e. The highest BCUT2D eigenvalue weighted by Gasteiger charge is 2.32. The number of rotatable bonds is 3. The molecule has 0 aliphatic carbocycles. The Labute approximate surface area is 153 Å². The molecule has 2 aliphatic heterocycles. The Hall–Kier alpha value is -1.51. The number of aromatic nitrogens is 3. The van der Waals surface area contributed by atoms with Crippen LogP contribution in [-0.2, 0) is 36.5 Å². The van der Waals surface area contributed by atoms with Crippen LogP contribution in [0.4, 0.5) is 0 Å². The fourth-order valence-electron chi connectivity index (χ4n) is 3.82. The fourth-order valence-corrected chi connectivity index (χ4v) is 5.75. The summed E-state index contributed by atoms with van der Waals surface area (Å²) in [5, 5.41) is 4.68. The second-order valence-corrected chi connectivity index (χ2v) is 9.61. The molecule has 1 fully saturated rings. The first-order valence-corrected chi connectivity index (χ1v) is 10.8. The number of hydrogen-bond donors (Lipinski definition) is 0. The maximum absolute atomic E-state index is 11.8. The summed E-state index contributed by atoms with van der Waals surface area (Å²) in [6.45, 7) is 2.50. The molecule has 134 valence electrons. The summed E-state index contributed by atoms with van der Waals surface area (Å²) < 4.78 is 27.9. The van der Waals surface area contributed by atoms with Crippen molar-refractivity contribution in [3.63, 3.8) is 0 Å². The van der Waals surface area contributed by atoms with E-state index in [2.05, 4.69) is 34.3 Å². The summed E-state index contributed by atoms with van der Waals surface area (Å²) in [7, 11) is -1.05. The van der Waals surface area contributed by atoms with Gasteiger partial charge in [0.2, 0.25) is 0 Å². The zero-order chi connectivity index (χ0) is 17.6. The van der Waals surface area contributed by atoms with Gasteiger partial charge in [0.1, 0.15) is 5.82 Å². The van der Waals surface area contributed by atoms with Gasteiger partial charge in [0.15, 0.2) is 14.6 Å². The van der Waals surface area contributed by atoms with E-state index in [1.54, 1.807) is 0 Å². The average molecular weight is 379 g/mol. The average Bonchev–Trinajstić information content (AvgIpc) is 3.09. The summed E-state index contributed by atoms with van der Waals surface area (Å²) in [5.74, 6) is 1.19. The van der Waals surface area contributed by atoms with E-state index in [0.717, 1.165) is 25.3 Å². The molecule has 1 saturated heterocycles. The SMILES string of the molecule is Cn1c(C2CCS(=O)(=O)C2)nn(CN2CCc3ccccc3C2)c1=S. The van der Waals surface area contributed by atoms with Crippen LogP contribution in [0.1, 0.15) is 29.3 Å². The smallest absolute Gasteiger partial charge is 0.198 e. The van der Waals surface area contributed by atoms with Gasteiger partial charge < -0.3 is 4.57 Å². The van der Waals surface area contributed by atoms with Crippen LogP contribution in [0.5, 0.6) is 0 Å². The van der Waals surface area contributed by atoms with Crippen molar-refractivity contribution in [2.24, 2.45) is 7.05 Å². The maximum atomic E-state index is 11.8. The van der Waals surface area contributed by atoms with Crippen molar-refractivity contribution in [1.82, 2.24) is 19.2 Å². The fraction of sp³-hybridized carbons (Fsp3) is 0.529. The van der Waals surface area contributed by atoms with Gasteiger partial charge in [-0.3, -0.25) is 4.90 Å². The monoisotopic (exact) mass is 378 g/mol. The number of hydrogen-bond acceptors (Lipinski definition) is 5. The number of fused-ring (bicyclic) bond motifs is 1. The van der Waals surface area contributed by atoms with E-state index in [-0.39, 0.29) is 17.4 Å². The van der Waals surface area contributed by atoms with E-state index in [1.165, 1.54) is 11.1 Å². The minimum absolute atomic E-state index is 0.0416. The van der Waals surface area contributed by atoms with E-state index in [1.807, 2.05) is 16.3 Å². The van der Waals surface area contributed by atoms with Gasteiger partial charge in [-0.25, -0.2) is 13.1 Å². The van der Waals surface area contributed by atoms with Crippen LogP contribution >= 0.6 is 12.2 Å². The Morgan fingerprint density at radius 2 is 2.04 bits per heavy atom. The normalized spacial score (nSPS) is 22.8. The standard InChI is InChI=1S/C17H22N4O2S2/c1-19-16(15-7-9-25(22,23)11-15)18-21(17(19)24)12-20-8-6-13-4-2-3-5-14(13)10-20/h2-5,15H,6-12H2,1H3. The summed E-state index contributed by atoms with van der Waals surface area (Å²) in [6.07, 6.45) is 1.67. The van der Waals surface area contributed by atoms with Gasteiger partial charge in [0, 0.05) is 26.1 Å². The summed E-state index contributed by atoms with van der Waals surface area (Å²) in [5.41, 5.74) is 2.78. The molecule has 0 spiro atoms. The second kappa shape index (κ2) is 6.34. The molecule has 3 heterocycles. The molecule has 6 nitrogen and oxygen atoms in total. The Bertz CT molecular complexity index is 961. The molecule has 2 aromatic rings. The predicted molar refractivity (Wildman–Crippen MR) is 98.6 cm³/mol. The molecule has 0 N–H and O–H groups in total. The molecule has 2 aliphatic rings. The van der Waals surface area contributed by atoms with Crippen molar-refractivity contribution in [2.75, 3.05) is 18.1 Å². The quantitative estimate of drug-likeness (QED) is 0.763. The van der Waals surface area contributed by atoms with Gasteiger partial charge in [-0.15, -0.1) is 0 Å². The van der Waals surface area contributed by atoms with E-state index in [0.29, 0.717) is 17.9 Å². The third-order valence-electron chi connectivity index (χ3n) is 5.22. The van der Waals surface area contributed by atoms with Crippen LogP contribution in [-0.4, -0.2) is 45.7 Å². The molecular formula is C17H22N4O2S2. The summed E-state index contributed by atoms with van der Waals surface area (Å²) in [6, 6.07) is 8.53. The lowest BCUT2D eigenvalue weighted by Gasteiger charge is -2.28. The van der Waals surface area contributed by atoms with E-state index in [4.69, 9.17) is 12.2 Å². The number of sulfone groups is 1. The maximum Gasteiger partial charge on any atom is 0.198 e. The predicted octanol–water partition coefficient (Wildman–Crippen LogP) is 1.87. The molecule has 4 rings (SSSR count). The third-order valence-corrected chi connectivity index (χ3v) is 7.47. The minimum atomic E-state index is -2.93. The Kier molecular flexibility index (Phi) is 4.29. The van der Waals surface area contributed by atoms with Crippen molar-refractivity contribution in [3.8, 4) is 0 Å². The summed E-state index contributed by atoms with van der Waals surface area (Å²) in [4.78, 5) is 2.33. The van der Waals surface area contributed by atoms with Gasteiger partial charge in [0.25, 0.3) is 0 Å². The van der Waals surface area contributed by atoms with Gasteiger partial charge in [0.05, 0.1) is 18.2 Å². The zero-order valence-corrected chi connectivity index (χ0v) is 15.9. The Morgan fingerprint density at radius 3 is 2.76 bits per heavy atom. The number of benzene rings is 1. The summed E-state index contributed by atoms with van der Waals surface area (Å²) >= 11 is 5.54. The largest absolute Gasteiger partial charge is 0.307 e. The highest BCUT2D eigenvalue weighted by atomic mass is 32.2. The molecule has 25 heavy (non-hydrogen) atoms. The van der Waals surface area contributed by atoms with Crippen LogP contribution in [0.15, 0.2) is 24.3 Å². The van der Waals surface area contributed by atoms with E-state index in [9.17, 15) is 8.42 Å². The molecule has 0 amide bonds. The molecule has 1 aromatic heterocycles. The van der Waals surface area contributed by atoms with Gasteiger partial charge in [-0.05, 0) is 36.2 Å². The molecule has 8 heteroatoms. The first-order chi connectivity index (χ1) is 11.9. The molecular weight excluding hydrogens is 356 g/mol. The number of nitrogens with zero attached hydrogens (tertiary/aromatic N) is 4. The van der Waals surface area contributed by atoms with Crippen LogP contribution in [0.2, 0.25) is 0 Å². The Morgan fingerprint density at radius 1 is 1.28 bits per heavy atom. The van der Waals surface area contributed by atoms with Crippen LogP contribution < -0.4 is 0 Å². The zero-order valence-electron chi connectivity index (χ0n) is 14.3. The third kappa shape index (κ3) is 3.30. The van der Waals surface area contributed by atoms with Crippen molar-refractivity contribution in [1.29, 1.82) is 0 Å². The van der Waals surface area contributed by atoms with Crippen LogP contribution in [0, 0.1) is 4.77 Å². The van der Waals surface area contributed by atoms with E-state index < -0.39 is 9.84 Å². The highest BCUT2D eigenvalue weighted by Crippen LogP contribution is 2.28. The second-order valence-electron chi connectivity index (χ2n) is 7.01. The van der Waals surface area contributed by atoms with Gasteiger partial charge in [-0.2, -0.15) is 5.10 Å². The lowest BCUT2D eigenvalue weighted by Crippen LogP contribution is -2.32. The highest BCUT2D eigenvalue weighted by molar-refractivity contribution is 7.91. The lowest BCUT2D eigenvalue weighted by atomic mass is 10.0. The van der Waals surface area contributed by atoms with Gasteiger partial charge >= 0.3 is 0 Å². The molecule has 1 unspecified atom stereocenters. The van der Waals surface area contributed by atoms with Crippen molar-refractivity contribution in [3.05, 3.63) is 46.0 Å². The topological polar surface area (TPSA) is 60.1 Å². The van der Waals surface area contributed by atoms with E-state index >= 15 is 0 Å². The molecule has 0 saturated carbocycles. The van der Waals surface area contributed by atoms with Crippen molar-refractivity contribution in [2.45, 2.75) is 32.0 Å². The molecule has 0 radical (unpaired) electrons.